The Balaban J connectivity index is 4.02. The molecule has 0 radical (unpaired) electrons. The second-order valence-corrected chi connectivity index (χ2v) is 8.61. The second kappa shape index (κ2) is 18.3. The van der Waals surface area contributed by atoms with Crippen LogP contribution in [0.15, 0.2) is 4.99 Å². The van der Waals surface area contributed by atoms with Gasteiger partial charge in [-0.1, -0.05) is 71.1 Å². The average molecular weight is 473 g/mol. The maximum absolute atomic E-state index is 12.2. The molecular weight excluding hydrogens is 428 g/mol. The van der Waals surface area contributed by atoms with E-state index in [0.29, 0.717) is 12.8 Å². The van der Waals surface area contributed by atoms with Crippen LogP contribution >= 0.6 is 0 Å². The number of hydrogen-bond donors (Lipinski definition) is 4. The summed E-state index contributed by atoms with van der Waals surface area (Å²) in [4.78, 5) is 48.5. The first-order valence-corrected chi connectivity index (χ1v) is 12.1. The van der Waals surface area contributed by atoms with Gasteiger partial charge in [0.15, 0.2) is 11.7 Å². The number of hydrogen-bond acceptors (Lipinski definition) is 8. The first-order valence-electron chi connectivity index (χ1n) is 12.1. The first-order chi connectivity index (χ1) is 15.6. The molecule has 0 aromatic rings. The van der Waals surface area contributed by atoms with Gasteiger partial charge >= 0.3 is 11.9 Å². The molecule has 0 saturated carbocycles. The molecule has 2 unspecified atom stereocenters. The molecule has 2 atom stereocenters. The quantitative estimate of drug-likeness (QED) is 0.0548. The van der Waals surface area contributed by atoms with Crippen LogP contribution in [0.5, 0.6) is 0 Å². The smallest absolute Gasteiger partial charge is 0.372 e. The monoisotopic (exact) mass is 472 g/mol. The summed E-state index contributed by atoms with van der Waals surface area (Å²) in [6.07, 6.45) is 13.1. The number of aliphatic hydroxyl groups is 1. The number of aliphatic imine (C=N–C) groups is 1. The zero-order valence-electron chi connectivity index (χ0n) is 20.4. The van der Waals surface area contributed by atoms with Crippen LogP contribution < -0.4 is 17.2 Å². The third-order valence-electron chi connectivity index (χ3n) is 5.42. The summed E-state index contributed by atoms with van der Waals surface area (Å²) < 4.78 is 0. The SMILES string of the molecule is CCCCCCCCCCCCCC(=O)C(C)(O)C(=O)OOC(=O)C(N)CCCN=C(N)N. The fourth-order valence-corrected chi connectivity index (χ4v) is 3.17. The minimum Gasteiger partial charge on any atom is -0.372 e. The van der Waals surface area contributed by atoms with Crippen molar-refractivity contribution < 1.29 is 29.3 Å². The molecule has 192 valence electrons. The minimum absolute atomic E-state index is 0.0391. The van der Waals surface area contributed by atoms with Crippen LogP contribution in [0.3, 0.4) is 0 Å². The topological polar surface area (TPSA) is 180 Å². The average Bonchev–Trinajstić information content (AvgIpc) is 2.77. The number of carbonyl (C=O) groups is 3. The van der Waals surface area contributed by atoms with Gasteiger partial charge in [-0.25, -0.2) is 19.4 Å². The third-order valence-corrected chi connectivity index (χ3v) is 5.42. The van der Waals surface area contributed by atoms with Crippen molar-refractivity contribution in [3.8, 4) is 0 Å². The van der Waals surface area contributed by atoms with E-state index in [4.69, 9.17) is 17.2 Å². The van der Waals surface area contributed by atoms with E-state index in [-0.39, 0.29) is 25.3 Å². The van der Waals surface area contributed by atoms with Crippen molar-refractivity contribution in [3.63, 3.8) is 0 Å². The molecule has 0 amide bonds. The lowest BCUT2D eigenvalue weighted by Gasteiger charge is -2.19. The second-order valence-electron chi connectivity index (χ2n) is 8.61. The molecule has 10 nitrogen and oxygen atoms in total. The molecule has 7 N–H and O–H groups in total. The molecule has 0 bridgehead atoms. The van der Waals surface area contributed by atoms with Crippen molar-refractivity contribution in [2.75, 3.05) is 6.54 Å². The Morgan fingerprint density at radius 1 is 0.879 bits per heavy atom. The van der Waals surface area contributed by atoms with Crippen molar-refractivity contribution in [3.05, 3.63) is 0 Å². The van der Waals surface area contributed by atoms with Crippen molar-refractivity contribution >= 4 is 23.7 Å². The summed E-state index contributed by atoms with van der Waals surface area (Å²) in [5, 5.41) is 10.2. The molecule has 0 aliphatic carbocycles. The number of guanidine groups is 1. The number of unbranched alkanes of at least 4 members (excludes halogenated alkanes) is 10. The van der Waals surface area contributed by atoms with Crippen LogP contribution in [0.2, 0.25) is 0 Å². The Morgan fingerprint density at radius 3 is 1.91 bits per heavy atom. The predicted molar refractivity (Wildman–Crippen MR) is 127 cm³/mol. The van der Waals surface area contributed by atoms with E-state index in [1.54, 1.807) is 0 Å². The van der Waals surface area contributed by atoms with E-state index in [1.165, 1.54) is 44.9 Å². The van der Waals surface area contributed by atoms with Crippen molar-refractivity contribution in [2.45, 2.75) is 115 Å². The molecule has 0 aromatic carbocycles. The summed E-state index contributed by atoms with van der Waals surface area (Å²) in [5.74, 6) is -3.10. The first kappa shape index (κ1) is 30.8. The molecule has 10 heteroatoms. The van der Waals surface area contributed by atoms with Gasteiger partial charge in [0.05, 0.1) is 0 Å². The summed E-state index contributed by atoms with van der Waals surface area (Å²) in [7, 11) is 0. The van der Waals surface area contributed by atoms with E-state index >= 15 is 0 Å². The summed E-state index contributed by atoms with van der Waals surface area (Å²) >= 11 is 0. The molecule has 0 aliphatic rings. The van der Waals surface area contributed by atoms with Gasteiger partial charge in [-0.05, 0) is 26.2 Å². The van der Waals surface area contributed by atoms with Gasteiger partial charge in [-0.2, -0.15) is 0 Å². The van der Waals surface area contributed by atoms with E-state index in [1.807, 2.05) is 0 Å². The fourth-order valence-electron chi connectivity index (χ4n) is 3.17. The van der Waals surface area contributed by atoms with Crippen LogP contribution in [-0.2, 0) is 24.2 Å². The molecular formula is C23H44N4O6. The van der Waals surface area contributed by atoms with Gasteiger partial charge in [0.1, 0.15) is 6.04 Å². The van der Waals surface area contributed by atoms with Gasteiger partial charge in [0.2, 0.25) is 5.60 Å². The van der Waals surface area contributed by atoms with Crippen LogP contribution in [0.25, 0.3) is 0 Å². The molecule has 0 rings (SSSR count). The van der Waals surface area contributed by atoms with Crippen LogP contribution in [0.4, 0.5) is 0 Å². The molecule has 33 heavy (non-hydrogen) atoms. The van der Waals surface area contributed by atoms with Crippen molar-refractivity contribution in [2.24, 2.45) is 22.2 Å². The third kappa shape index (κ3) is 15.3. The molecule has 0 fully saturated rings. The maximum atomic E-state index is 12.2. The lowest BCUT2D eigenvalue weighted by molar-refractivity contribution is -0.269. The van der Waals surface area contributed by atoms with E-state index in [9.17, 15) is 19.5 Å². The number of rotatable bonds is 19. The summed E-state index contributed by atoms with van der Waals surface area (Å²) in [5.41, 5.74) is 13.6. The Kier molecular flexibility index (Phi) is 17.0. The number of carbonyl (C=O) groups excluding carboxylic acids is 3. The number of ketones is 1. The molecule has 0 aliphatic heterocycles. The zero-order valence-corrected chi connectivity index (χ0v) is 20.4. The fraction of sp³-hybridized carbons (Fsp3) is 0.826. The largest absolute Gasteiger partial charge is 0.394 e. The molecule has 0 spiro atoms. The lowest BCUT2D eigenvalue weighted by Crippen LogP contribution is -2.45. The van der Waals surface area contributed by atoms with Crippen molar-refractivity contribution in [1.29, 1.82) is 0 Å². The van der Waals surface area contributed by atoms with Gasteiger partial charge in [-0.3, -0.25) is 9.79 Å². The van der Waals surface area contributed by atoms with Crippen LogP contribution in [-0.4, -0.2) is 47.0 Å². The van der Waals surface area contributed by atoms with Crippen LogP contribution in [0, 0.1) is 0 Å². The predicted octanol–water partition coefficient (Wildman–Crippen LogP) is 2.39. The Labute approximate surface area is 197 Å². The Morgan fingerprint density at radius 2 is 1.39 bits per heavy atom. The highest BCUT2D eigenvalue weighted by Gasteiger charge is 2.41. The molecule has 0 saturated heterocycles. The molecule has 0 heterocycles. The maximum Gasteiger partial charge on any atom is 0.394 e. The molecule has 0 aromatic heterocycles. The highest BCUT2D eigenvalue weighted by Crippen LogP contribution is 2.16. The summed E-state index contributed by atoms with van der Waals surface area (Å²) in [6.45, 7) is 3.52. The van der Waals surface area contributed by atoms with Gasteiger partial charge in [0, 0.05) is 13.0 Å². The van der Waals surface area contributed by atoms with Gasteiger partial charge in [0.25, 0.3) is 0 Å². The van der Waals surface area contributed by atoms with Gasteiger partial charge in [-0.15, -0.1) is 0 Å². The van der Waals surface area contributed by atoms with E-state index in [0.717, 1.165) is 26.2 Å². The highest BCUT2D eigenvalue weighted by atomic mass is 17.2. The van der Waals surface area contributed by atoms with Crippen LogP contribution in [0.1, 0.15) is 104 Å². The zero-order chi connectivity index (χ0) is 25.1. The van der Waals surface area contributed by atoms with Gasteiger partial charge < -0.3 is 22.3 Å². The van der Waals surface area contributed by atoms with Crippen molar-refractivity contribution in [1.82, 2.24) is 0 Å². The lowest BCUT2D eigenvalue weighted by atomic mass is 9.96. The number of nitrogens with two attached hydrogens (primary N) is 3. The standard InChI is InChI=1S/C23H44N4O6/c1-3-4-5-6-7-8-9-10-11-12-13-16-19(28)23(2,31)21(30)33-32-20(29)18(24)15-14-17-27-22(25)26/h18,31H,3-17,24H2,1-2H3,(H4,25,26,27). The minimum atomic E-state index is -2.39. The summed E-state index contributed by atoms with van der Waals surface area (Å²) in [6, 6.07) is -1.07. The Bertz CT molecular complexity index is 606. The number of Topliss-reactive ketones (excluding diaryl/α,β-unsaturated/α-hetero) is 1. The number of nitrogens with zero attached hydrogens (tertiary/aromatic N) is 1. The van der Waals surface area contributed by atoms with E-state index in [2.05, 4.69) is 21.7 Å². The van der Waals surface area contributed by atoms with E-state index < -0.39 is 29.4 Å². The normalized spacial score (nSPS) is 13.6. The highest BCUT2D eigenvalue weighted by molar-refractivity contribution is 6.06. The Hall–Kier alpha value is -2.20.